The lowest BCUT2D eigenvalue weighted by Crippen LogP contribution is -2.00. The van der Waals surface area contributed by atoms with Gasteiger partial charge < -0.3 is 5.32 Å². The molecule has 2 rings (SSSR count). The van der Waals surface area contributed by atoms with Crippen LogP contribution in [-0.2, 0) is 6.54 Å². The number of hydrogen-bond donors (Lipinski definition) is 1. The Balaban J connectivity index is 2.02. The predicted octanol–water partition coefficient (Wildman–Crippen LogP) is 3.45. The van der Waals surface area contributed by atoms with Crippen molar-refractivity contribution >= 4 is 5.69 Å². The van der Waals surface area contributed by atoms with Crippen LogP contribution >= 0.6 is 0 Å². The largest absolute Gasteiger partial charge is 0.381 e. The zero-order valence-electron chi connectivity index (χ0n) is 10.00. The van der Waals surface area contributed by atoms with Crippen molar-refractivity contribution in [2.45, 2.75) is 20.4 Å². The van der Waals surface area contributed by atoms with Gasteiger partial charge in [-0.15, -0.1) is 0 Å². The molecule has 0 aliphatic heterocycles. The van der Waals surface area contributed by atoms with Gasteiger partial charge in [0.1, 0.15) is 5.82 Å². The van der Waals surface area contributed by atoms with Crippen LogP contribution in [0, 0.1) is 19.7 Å². The number of rotatable bonds is 3. The molecule has 0 atom stereocenters. The Morgan fingerprint density at radius 2 is 2.00 bits per heavy atom. The molecule has 0 saturated carbocycles. The summed E-state index contributed by atoms with van der Waals surface area (Å²) in [5, 5.41) is 3.24. The van der Waals surface area contributed by atoms with E-state index in [4.69, 9.17) is 0 Å². The maximum Gasteiger partial charge on any atom is 0.126 e. The van der Waals surface area contributed by atoms with Crippen LogP contribution < -0.4 is 5.32 Å². The van der Waals surface area contributed by atoms with Crippen molar-refractivity contribution in [3.05, 3.63) is 59.2 Å². The van der Waals surface area contributed by atoms with E-state index in [1.54, 1.807) is 19.1 Å². The van der Waals surface area contributed by atoms with Gasteiger partial charge in [0.25, 0.3) is 0 Å². The Hall–Kier alpha value is -1.90. The van der Waals surface area contributed by atoms with Crippen molar-refractivity contribution in [2.24, 2.45) is 0 Å². The zero-order chi connectivity index (χ0) is 12.3. The molecule has 0 bridgehead atoms. The first-order valence-electron chi connectivity index (χ1n) is 5.57. The summed E-state index contributed by atoms with van der Waals surface area (Å²) in [5.74, 6) is -0.174. The fraction of sp³-hybridized carbons (Fsp3) is 0.214. The Morgan fingerprint density at radius 3 is 2.65 bits per heavy atom. The summed E-state index contributed by atoms with van der Waals surface area (Å²) in [7, 11) is 0. The number of aromatic nitrogens is 1. The van der Waals surface area contributed by atoms with Crippen molar-refractivity contribution in [3.8, 4) is 0 Å². The smallest absolute Gasteiger partial charge is 0.126 e. The van der Waals surface area contributed by atoms with E-state index in [2.05, 4.69) is 10.3 Å². The van der Waals surface area contributed by atoms with Crippen molar-refractivity contribution in [1.82, 2.24) is 4.98 Å². The normalized spacial score (nSPS) is 10.3. The minimum atomic E-state index is -0.174. The van der Waals surface area contributed by atoms with Crippen molar-refractivity contribution < 1.29 is 4.39 Å². The molecule has 2 aromatic rings. The molecule has 0 fully saturated rings. The summed E-state index contributed by atoms with van der Waals surface area (Å²) in [6.07, 6.45) is 1.85. The summed E-state index contributed by atoms with van der Waals surface area (Å²) in [6.45, 7) is 4.41. The molecule has 0 unspecified atom stereocenters. The number of aryl methyl sites for hydroxylation is 2. The maximum atomic E-state index is 13.1. The monoisotopic (exact) mass is 230 g/mol. The first kappa shape index (κ1) is 11.6. The van der Waals surface area contributed by atoms with Crippen LogP contribution in [0.15, 0.2) is 36.5 Å². The molecule has 0 saturated heterocycles. The first-order valence-corrected chi connectivity index (χ1v) is 5.57. The number of nitrogens with one attached hydrogen (secondary N) is 1. The van der Waals surface area contributed by atoms with Crippen LogP contribution in [0.3, 0.4) is 0 Å². The van der Waals surface area contributed by atoms with Gasteiger partial charge in [0.05, 0.1) is 0 Å². The van der Waals surface area contributed by atoms with Gasteiger partial charge in [-0.2, -0.15) is 0 Å². The van der Waals surface area contributed by atoms with Gasteiger partial charge in [-0.05, 0) is 49.2 Å². The number of hydrogen-bond acceptors (Lipinski definition) is 2. The molecular formula is C14H15FN2. The molecule has 1 aromatic carbocycles. The molecule has 17 heavy (non-hydrogen) atoms. The molecule has 0 amide bonds. The number of pyridine rings is 1. The average Bonchev–Trinajstić information content (AvgIpc) is 2.33. The second-order valence-electron chi connectivity index (χ2n) is 4.13. The lowest BCUT2D eigenvalue weighted by atomic mass is 10.2. The first-order chi connectivity index (χ1) is 8.15. The molecule has 0 radical (unpaired) electrons. The average molecular weight is 230 g/mol. The summed E-state index contributed by atoms with van der Waals surface area (Å²) >= 11 is 0. The minimum Gasteiger partial charge on any atom is -0.381 e. The third-order valence-electron chi connectivity index (χ3n) is 2.63. The highest BCUT2D eigenvalue weighted by Crippen LogP contribution is 2.14. The maximum absolute atomic E-state index is 13.1. The number of benzene rings is 1. The number of nitrogens with zero attached hydrogens (tertiary/aromatic N) is 1. The Kier molecular flexibility index (Phi) is 3.38. The van der Waals surface area contributed by atoms with Crippen LogP contribution in [0.25, 0.3) is 0 Å². The quantitative estimate of drug-likeness (QED) is 0.873. The number of halogens is 1. The topological polar surface area (TPSA) is 24.9 Å². The van der Waals surface area contributed by atoms with Gasteiger partial charge in [-0.1, -0.05) is 6.07 Å². The van der Waals surface area contributed by atoms with Crippen molar-refractivity contribution in [1.29, 1.82) is 0 Å². The molecule has 2 nitrogen and oxygen atoms in total. The fourth-order valence-electron chi connectivity index (χ4n) is 1.56. The fourth-order valence-corrected chi connectivity index (χ4v) is 1.56. The van der Waals surface area contributed by atoms with Gasteiger partial charge in [-0.25, -0.2) is 4.39 Å². The van der Waals surface area contributed by atoms with Crippen molar-refractivity contribution in [3.63, 3.8) is 0 Å². The Bertz CT molecular complexity index is 506. The molecule has 1 N–H and O–H groups in total. The molecule has 3 heteroatoms. The molecule has 1 heterocycles. The van der Waals surface area contributed by atoms with Gasteiger partial charge in [-0.3, -0.25) is 4.98 Å². The SMILES string of the molecule is Cc1ccc(CNc2ccc(F)c(C)c2)cn1. The highest BCUT2D eigenvalue weighted by molar-refractivity contribution is 5.46. The van der Waals surface area contributed by atoms with Crippen LogP contribution in [0.4, 0.5) is 10.1 Å². The van der Waals surface area contributed by atoms with E-state index in [-0.39, 0.29) is 5.82 Å². The molecule has 0 aliphatic carbocycles. The third-order valence-corrected chi connectivity index (χ3v) is 2.63. The van der Waals surface area contributed by atoms with Crippen LogP contribution in [-0.4, -0.2) is 4.98 Å². The standard InChI is InChI=1S/C14H15FN2/c1-10-7-13(5-6-14(10)15)17-9-12-4-3-11(2)16-8-12/h3-8,17H,9H2,1-2H3. The molecule has 88 valence electrons. The second-order valence-corrected chi connectivity index (χ2v) is 4.13. The van der Waals surface area contributed by atoms with E-state index in [1.165, 1.54) is 6.07 Å². The highest BCUT2D eigenvalue weighted by atomic mass is 19.1. The molecule has 0 spiro atoms. The van der Waals surface area contributed by atoms with Crippen LogP contribution in [0.1, 0.15) is 16.8 Å². The van der Waals surface area contributed by atoms with E-state index in [9.17, 15) is 4.39 Å². The van der Waals surface area contributed by atoms with Crippen LogP contribution in [0.5, 0.6) is 0 Å². The Labute approximate surface area is 101 Å². The summed E-state index contributed by atoms with van der Waals surface area (Å²) in [5.41, 5.74) is 3.69. The summed E-state index contributed by atoms with van der Waals surface area (Å²) in [6, 6.07) is 9.03. The summed E-state index contributed by atoms with van der Waals surface area (Å²) in [4.78, 5) is 4.22. The van der Waals surface area contributed by atoms with Gasteiger partial charge in [0.2, 0.25) is 0 Å². The van der Waals surface area contributed by atoms with E-state index >= 15 is 0 Å². The molecular weight excluding hydrogens is 215 g/mol. The van der Waals surface area contributed by atoms with E-state index in [1.807, 2.05) is 25.3 Å². The molecule has 1 aromatic heterocycles. The lowest BCUT2D eigenvalue weighted by Gasteiger charge is -2.07. The van der Waals surface area contributed by atoms with Crippen LogP contribution in [0.2, 0.25) is 0 Å². The molecule has 0 aliphatic rings. The second kappa shape index (κ2) is 4.95. The van der Waals surface area contributed by atoms with E-state index in [0.717, 1.165) is 16.9 Å². The Morgan fingerprint density at radius 1 is 1.18 bits per heavy atom. The van der Waals surface area contributed by atoms with Gasteiger partial charge in [0.15, 0.2) is 0 Å². The third kappa shape index (κ3) is 3.03. The van der Waals surface area contributed by atoms with Gasteiger partial charge in [0, 0.05) is 24.1 Å². The van der Waals surface area contributed by atoms with E-state index in [0.29, 0.717) is 12.1 Å². The highest BCUT2D eigenvalue weighted by Gasteiger charge is 1.99. The van der Waals surface area contributed by atoms with E-state index < -0.39 is 0 Å². The van der Waals surface area contributed by atoms with Crippen molar-refractivity contribution in [2.75, 3.05) is 5.32 Å². The predicted molar refractivity (Wildman–Crippen MR) is 67.4 cm³/mol. The number of anilines is 1. The zero-order valence-corrected chi connectivity index (χ0v) is 10.00. The summed E-state index contributed by atoms with van der Waals surface area (Å²) < 4.78 is 13.1. The van der Waals surface area contributed by atoms with Gasteiger partial charge >= 0.3 is 0 Å². The minimum absolute atomic E-state index is 0.174. The lowest BCUT2D eigenvalue weighted by molar-refractivity contribution is 0.618.